The summed E-state index contributed by atoms with van der Waals surface area (Å²) >= 11 is 18.1. The molecule has 19 heavy (non-hydrogen) atoms. The quantitative estimate of drug-likeness (QED) is 0.515. The third kappa shape index (κ3) is 3.30. The molecule has 2 aromatic carbocycles. The van der Waals surface area contributed by atoms with Crippen molar-refractivity contribution < 1.29 is 0 Å². The van der Waals surface area contributed by atoms with E-state index >= 15 is 0 Å². The average Bonchev–Trinajstić information content (AvgIpc) is 2.38. The minimum Gasteiger partial charge on any atom is -0.192 e. The van der Waals surface area contributed by atoms with E-state index in [0.29, 0.717) is 26.2 Å². The van der Waals surface area contributed by atoms with E-state index in [0.717, 1.165) is 5.56 Å². The summed E-state index contributed by atoms with van der Waals surface area (Å²) in [5.74, 6) is 0. The van der Waals surface area contributed by atoms with Gasteiger partial charge in [0.15, 0.2) is 0 Å². The Bertz CT molecular complexity index is 664. The van der Waals surface area contributed by atoms with E-state index in [2.05, 4.69) is 6.07 Å². The Hall–Kier alpha value is -1.46. The first kappa shape index (κ1) is 14.0. The van der Waals surface area contributed by atoms with Gasteiger partial charge in [-0.05, 0) is 35.9 Å². The molecule has 0 aliphatic carbocycles. The van der Waals surface area contributed by atoms with Crippen LogP contribution in [0.5, 0.6) is 0 Å². The highest BCUT2D eigenvalue weighted by atomic mass is 35.5. The third-order valence-electron chi connectivity index (χ3n) is 2.54. The highest BCUT2D eigenvalue weighted by Gasteiger charge is 2.07. The van der Waals surface area contributed by atoms with Gasteiger partial charge in [-0.1, -0.05) is 53.0 Å². The fourth-order valence-corrected chi connectivity index (χ4v) is 2.33. The number of hydrogen-bond donors (Lipinski definition) is 0. The van der Waals surface area contributed by atoms with Gasteiger partial charge in [0.1, 0.15) is 0 Å². The van der Waals surface area contributed by atoms with Crippen LogP contribution < -0.4 is 0 Å². The van der Waals surface area contributed by atoms with Crippen molar-refractivity contribution in [1.82, 2.24) is 0 Å². The molecule has 0 aliphatic heterocycles. The van der Waals surface area contributed by atoms with Crippen molar-refractivity contribution in [2.45, 2.75) is 0 Å². The molecule has 0 spiro atoms. The normalized spacial score (nSPS) is 11.2. The Kier molecular flexibility index (Phi) is 4.50. The Balaban J connectivity index is 2.54. The lowest BCUT2D eigenvalue weighted by Gasteiger charge is -2.04. The SMILES string of the molecule is N#CC(=Cc1c(Cl)cccc1Cl)c1cccc(Cl)c1. The van der Waals surface area contributed by atoms with Crippen LogP contribution >= 0.6 is 34.8 Å². The first-order valence-electron chi connectivity index (χ1n) is 5.43. The second kappa shape index (κ2) is 6.12. The molecular weight excluding hydrogens is 301 g/mol. The lowest BCUT2D eigenvalue weighted by atomic mass is 10.0. The predicted octanol–water partition coefficient (Wildman–Crippen LogP) is 5.71. The number of nitriles is 1. The molecule has 0 fully saturated rings. The number of halogens is 3. The minimum absolute atomic E-state index is 0.456. The molecular formula is C15H8Cl3N. The summed E-state index contributed by atoms with van der Waals surface area (Å²) in [6.45, 7) is 0. The van der Waals surface area contributed by atoms with Crippen molar-refractivity contribution in [1.29, 1.82) is 5.26 Å². The van der Waals surface area contributed by atoms with Gasteiger partial charge in [-0.3, -0.25) is 0 Å². The van der Waals surface area contributed by atoms with E-state index < -0.39 is 0 Å². The monoisotopic (exact) mass is 307 g/mol. The Labute approximate surface area is 126 Å². The maximum Gasteiger partial charge on any atom is 0.0998 e. The molecule has 0 aromatic heterocycles. The molecule has 0 saturated carbocycles. The highest BCUT2D eigenvalue weighted by Crippen LogP contribution is 2.29. The van der Waals surface area contributed by atoms with Crippen LogP contribution in [0.3, 0.4) is 0 Å². The van der Waals surface area contributed by atoms with Crippen LogP contribution in [-0.4, -0.2) is 0 Å². The van der Waals surface area contributed by atoms with Crippen LogP contribution in [0.1, 0.15) is 11.1 Å². The van der Waals surface area contributed by atoms with Crippen molar-refractivity contribution in [2.24, 2.45) is 0 Å². The molecule has 2 aromatic rings. The zero-order valence-electron chi connectivity index (χ0n) is 9.70. The maximum atomic E-state index is 9.27. The van der Waals surface area contributed by atoms with E-state index in [-0.39, 0.29) is 0 Å². The molecule has 0 radical (unpaired) electrons. The second-order valence-corrected chi connectivity index (χ2v) is 5.07. The van der Waals surface area contributed by atoms with E-state index in [1.807, 2.05) is 6.07 Å². The smallest absolute Gasteiger partial charge is 0.0998 e. The molecule has 4 heteroatoms. The van der Waals surface area contributed by atoms with Gasteiger partial charge in [0.05, 0.1) is 11.6 Å². The molecule has 0 aliphatic rings. The maximum absolute atomic E-state index is 9.27. The van der Waals surface area contributed by atoms with Crippen molar-refractivity contribution in [3.05, 3.63) is 68.7 Å². The number of allylic oxidation sites excluding steroid dienone is 1. The van der Waals surface area contributed by atoms with Gasteiger partial charge in [0.2, 0.25) is 0 Å². The van der Waals surface area contributed by atoms with Gasteiger partial charge in [-0.25, -0.2) is 0 Å². The third-order valence-corrected chi connectivity index (χ3v) is 3.44. The summed E-state index contributed by atoms with van der Waals surface area (Å²) < 4.78 is 0. The summed E-state index contributed by atoms with van der Waals surface area (Å²) in [7, 11) is 0. The second-order valence-electron chi connectivity index (χ2n) is 3.82. The van der Waals surface area contributed by atoms with Crippen molar-refractivity contribution in [3.8, 4) is 6.07 Å². The fourth-order valence-electron chi connectivity index (χ4n) is 1.63. The van der Waals surface area contributed by atoms with Crippen LogP contribution in [0.2, 0.25) is 15.1 Å². The average molecular weight is 309 g/mol. The van der Waals surface area contributed by atoms with Gasteiger partial charge in [0, 0.05) is 20.6 Å². The summed E-state index contributed by atoms with van der Waals surface area (Å²) in [4.78, 5) is 0. The van der Waals surface area contributed by atoms with E-state index in [1.165, 1.54) is 0 Å². The van der Waals surface area contributed by atoms with Crippen LogP contribution in [0.25, 0.3) is 11.6 Å². The van der Waals surface area contributed by atoms with Crippen LogP contribution in [-0.2, 0) is 0 Å². The Morgan fingerprint density at radius 2 is 1.63 bits per heavy atom. The molecule has 0 amide bonds. The van der Waals surface area contributed by atoms with Crippen molar-refractivity contribution in [2.75, 3.05) is 0 Å². The molecule has 0 unspecified atom stereocenters. The summed E-state index contributed by atoms with van der Waals surface area (Å²) in [6.07, 6.45) is 1.66. The van der Waals surface area contributed by atoms with Gasteiger partial charge in [-0.15, -0.1) is 0 Å². The molecule has 0 heterocycles. The van der Waals surface area contributed by atoms with E-state index in [1.54, 1.807) is 42.5 Å². The molecule has 0 saturated heterocycles. The topological polar surface area (TPSA) is 23.8 Å². The number of benzene rings is 2. The van der Waals surface area contributed by atoms with Crippen LogP contribution in [0.15, 0.2) is 42.5 Å². The summed E-state index contributed by atoms with van der Waals surface area (Å²) in [6, 6.07) is 14.4. The van der Waals surface area contributed by atoms with Gasteiger partial charge in [0.25, 0.3) is 0 Å². The molecule has 0 atom stereocenters. The summed E-state index contributed by atoms with van der Waals surface area (Å²) in [5.41, 5.74) is 1.81. The summed E-state index contributed by atoms with van der Waals surface area (Å²) in [5, 5.41) is 10.8. The zero-order valence-corrected chi connectivity index (χ0v) is 12.0. The predicted molar refractivity (Wildman–Crippen MR) is 81.4 cm³/mol. The van der Waals surface area contributed by atoms with Crippen LogP contribution in [0.4, 0.5) is 0 Å². The van der Waals surface area contributed by atoms with Crippen LogP contribution in [0, 0.1) is 11.3 Å². The standard InChI is InChI=1S/C15H8Cl3N/c16-12-4-1-3-10(7-12)11(9-19)8-13-14(17)5-2-6-15(13)18/h1-8H. The first-order chi connectivity index (χ1) is 9.11. The first-order valence-corrected chi connectivity index (χ1v) is 6.57. The highest BCUT2D eigenvalue weighted by molar-refractivity contribution is 6.37. The van der Waals surface area contributed by atoms with Crippen molar-refractivity contribution in [3.63, 3.8) is 0 Å². The lowest BCUT2D eigenvalue weighted by Crippen LogP contribution is -1.84. The molecule has 0 bridgehead atoms. The number of rotatable bonds is 2. The molecule has 1 nitrogen and oxygen atoms in total. The van der Waals surface area contributed by atoms with E-state index in [9.17, 15) is 5.26 Å². The fraction of sp³-hybridized carbons (Fsp3) is 0. The minimum atomic E-state index is 0.456. The number of nitrogens with zero attached hydrogens (tertiary/aromatic N) is 1. The largest absolute Gasteiger partial charge is 0.192 e. The molecule has 2 rings (SSSR count). The van der Waals surface area contributed by atoms with Crippen molar-refractivity contribution >= 4 is 46.5 Å². The Morgan fingerprint density at radius 3 is 2.21 bits per heavy atom. The zero-order chi connectivity index (χ0) is 13.8. The lowest BCUT2D eigenvalue weighted by molar-refractivity contribution is 1.52. The van der Waals surface area contributed by atoms with Gasteiger partial charge >= 0.3 is 0 Å². The van der Waals surface area contributed by atoms with Gasteiger partial charge in [-0.2, -0.15) is 5.26 Å². The Morgan fingerprint density at radius 1 is 1.00 bits per heavy atom. The van der Waals surface area contributed by atoms with E-state index in [4.69, 9.17) is 34.8 Å². The number of hydrogen-bond acceptors (Lipinski definition) is 1. The van der Waals surface area contributed by atoms with Gasteiger partial charge < -0.3 is 0 Å². The molecule has 0 N–H and O–H groups in total. The molecule has 94 valence electrons.